The lowest BCUT2D eigenvalue weighted by atomic mass is 9.92. The van der Waals surface area contributed by atoms with Crippen LogP contribution in [0.4, 0.5) is 5.82 Å². The van der Waals surface area contributed by atoms with E-state index in [-0.39, 0.29) is 11.3 Å². The minimum absolute atomic E-state index is 0.210. The number of rotatable bonds is 3. The maximum atomic E-state index is 6.00. The van der Waals surface area contributed by atoms with Crippen LogP contribution in [0.5, 0.6) is 0 Å². The minimum atomic E-state index is 0.210. The number of furan rings is 1. The van der Waals surface area contributed by atoms with Crippen molar-refractivity contribution in [3.63, 3.8) is 0 Å². The van der Waals surface area contributed by atoms with E-state index in [1.807, 2.05) is 18.2 Å². The predicted molar refractivity (Wildman–Crippen MR) is 78.6 cm³/mol. The molecule has 0 bridgehead atoms. The van der Waals surface area contributed by atoms with Crippen molar-refractivity contribution in [1.29, 1.82) is 0 Å². The number of halogens is 1. The van der Waals surface area contributed by atoms with Crippen LogP contribution in [0.1, 0.15) is 25.7 Å². The predicted octanol–water partition coefficient (Wildman–Crippen LogP) is 3.07. The van der Waals surface area contributed by atoms with Gasteiger partial charge in [-0.3, -0.25) is 0 Å². The molecule has 2 heterocycles. The van der Waals surface area contributed by atoms with Crippen molar-refractivity contribution in [3.8, 4) is 11.5 Å². The average molecular weight is 293 g/mol. The molecule has 106 valence electrons. The van der Waals surface area contributed by atoms with Gasteiger partial charge in [0, 0.05) is 18.2 Å². The van der Waals surface area contributed by atoms with Gasteiger partial charge < -0.3 is 15.5 Å². The molecule has 2 atom stereocenters. The van der Waals surface area contributed by atoms with E-state index in [4.69, 9.17) is 21.8 Å². The van der Waals surface area contributed by atoms with E-state index in [0.717, 1.165) is 31.5 Å². The Morgan fingerprint density at radius 3 is 3.00 bits per heavy atom. The van der Waals surface area contributed by atoms with Crippen molar-refractivity contribution < 1.29 is 4.42 Å². The Kier molecular flexibility index (Phi) is 3.89. The Labute approximate surface area is 122 Å². The number of aromatic nitrogens is 2. The Balaban J connectivity index is 1.79. The Hall–Kier alpha value is -1.59. The molecule has 3 N–H and O–H groups in total. The van der Waals surface area contributed by atoms with Crippen LogP contribution in [0.3, 0.4) is 0 Å². The zero-order chi connectivity index (χ0) is 13.9. The molecule has 1 aliphatic carbocycles. The fourth-order valence-electron chi connectivity index (χ4n) is 2.61. The number of nitrogens with one attached hydrogen (secondary N) is 1. The lowest BCUT2D eigenvalue weighted by Gasteiger charge is -2.27. The lowest BCUT2D eigenvalue weighted by Crippen LogP contribution is -2.35. The molecule has 3 rings (SSSR count). The highest BCUT2D eigenvalue weighted by molar-refractivity contribution is 6.28. The van der Waals surface area contributed by atoms with Crippen LogP contribution in [-0.4, -0.2) is 22.1 Å². The number of nitrogens with zero attached hydrogens (tertiary/aromatic N) is 2. The second kappa shape index (κ2) is 5.81. The number of nitrogens with two attached hydrogens (primary N) is 1. The van der Waals surface area contributed by atoms with Gasteiger partial charge in [-0.05, 0) is 49.4 Å². The number of hydrogen-bond donors (Lipinski definition) is 2. The SMILES string of the molecule is N[C@@H]1CCC[C@H](Nc2cc(-c3ccco3)nc(Cl)n2)C1. The van der Waals surface area contributed by atoms with Gasteiger partial charge in [-0.1, -0.05) is 0 Å². The summed E-state index contributed by atoms with van der Waals surface area (Å²) in [6, 6.07) is 6.12. The molecule has 1 aliphatic rings. The number of anilines is 1. The van der Waals surface area contributed by atoms with Gasteiger partial charge in [-0.15, -0.1) is 0 Å². The first kappa shape index (κ1) is 13.4. The summed E-state index contributed by atoms with van der Waals surface area (Å²) in [6.07, 6.45) is 5.91. The van der Waals surface area contributed by atoms with Gasteiger partial charge in [-0.2, -0.15) is 0 Å². The summed E-state index contributed by atoms with van der Waals surface area (Å²) in [7, 11) is 0. The molecule has 1 saturated carbocycles. The summed E-state index contributed by atoms with van der Waals surface area (Å²) in [5, 5.41) is 3.61. The molecule has 2 aromatic heterocycles. The molecule has 2 aromatic rings. The summed E-state index contributed by atoms with van der Waals surface area (Å²) >= 11 is 5.98. The van der Waals surface area contributed by atoms with E-state index in [2.05, 4.69) is 15.3 Å². The summed E-state index contributed by atoms with van der Waals surface area (Å²) < 4.78 is 5.34. The minimum Gasteiger partial charge on any atom is -0.463 e. The zero-order valence-corrected chi connectivity index (χ0v) is 11.8. The molecule has 1 fully saturated rings. The van der Waals surface area contributed by atoms with Gasteiger partial charge >= 0.3 is 0 Å². The van der Waals surface area contributed by atoms with Crippen LogP contribution in [0, 0.1) is 0 Å². The molecule has 0 unspecified atom stereocenters. The van der Waals surface area contributed by atoms with E-state index < -0.39 is 0 Å². The van der Waals surface area contributed by atoms with Crippen LogP contribution in [0.2, 0.25) is 5.28 Å². The second-order valence-electron chi connectivity index (χ2n) is 5.15. The van der Waals surface area contributed by atoms with Crippen molar-refractivity contribution in [2.24, 2.45) is 5.73 Å². The molecule has 0 amide bonds. The summed E-state index contributed by atoms with van der Waals surface area (Å²) in [6.45, 7) is 0. The van der Waals surface area contributed by atoms with Crippen LogP contribution in [0.25, 0.3) is 11.5 Å². The van der Waals surface area contributed by atoms with Gasteiger partial charge in [0.25, 0.3) is 0 Å². The molecular formula is C14H17ClN4O. The Bertz CT molecular complexity index is 573. The van der Waals surface area contributed by atoms with Gasteiger partial charge in [0.15, 0.2) is 5.76 Å². The van der Waals surface area contributed by atoms with E-state index in [0.29, 0.717) is 17.5 Å². The van der Waals surface area contributed by atoms with Crippen LogP contribution in [-0.2, 0) is 0 Å². The second-order valence-corrected chi connectivity index (χ2v) is 5.49. The van der Waals surface area contributed by atoms with Crippen LogP contribution >= 0.6 is 11.6 Å². The molecule has 0 saturated heterocycles. The highest BCUT2D eigenvalue weighted by Gasteiger charge is 2.20. The van der Waals surface area contributed by atoms with E-state index in [1.165, 1.54) is 0 Å². The monoisotopic (exact) mass is 292 g/mol. The third-order valence-electron chi connectivity index (χ3n) is 3.54. The molecule has 0 radical (unpaired) electrons. The van der Waals surface area contributed by atoms with Crippen molar-refractivity contribution in [2.45, 2.75) is 37.8 Å². The quantitative estimate of drug-likeness (QED) is 0.850. The highest BCUT2D eigenvalue weighted by Crippen LogP contribution is 2.25. The molecular weight excluding hydrogens is 276 g/mol. The fourth-order valence-corrected chi connectivity index (χ4v) is 2.79. The third kappa shape index (κ3) is 3.11. The van der Waals surface area contributed by atoms with Gasteiger partial charge in [0.05, 0.1) is 6.26 Å². The third-order valence-corrected chi connectivity index (χ3v) is 3.71. The molecule has 0 spiro atoms. The average Bonchev–Trinajstić information content (AvgIpc) is 2.91. The normalized spacial score (nSPS) is 22.7. The fraction of sp³-hybridized carbons (Fsp3) is 0.429. The maximum Gasteiger partial charge on any atom is 0.225 e. The molecule has 5 nitrogen and oxygen atoms in total. The topological polar surface area (TPSA) is 77.0 Å². The Morgan fingerprint density at radius 1 is 1.35 bits per heavy atom. The summed E-state index contributed by atoms with van der Waals surface area (Å²) in [4.78, 5) is 8.40. The lowest BCUT2D eigenvalue weighted by molar-refractivity contribution is 0.409. The van der Waals surface area contributed by atoms with Gasteiger partial charge in [0.2, 0.25) is 5.28 Å². The standard InChI is InChI=1S/C14H17ClN4O/c15-14-18-11(12-5-2-6-20-12)8-13(19-14)17-10-4-1-3-9(16)7-10/h2,5-6,8-10H,1,3-4,7,16H2,(H,17,18,19)/t9-,10+/m1/s1. The van der Waals surface area contributed by atoms with Crippen molar-refractivity contribution in [3.05, 3.63) is 29.7 Å². The van der Waals surface area contributed by atoms with Gasteiger partial charge in [0.1, 0.15) is 11.5 Å². The largest absolute Gasteiger partial charge is 0.463 e. The van der Waals surface area contributed by atoms with Gasteiger partial charge in [-0.25, -0.2) is 9.97 Å². The molecule has 6 heteroatoms. The van der Waals surface area contributed by atoms with E-state index in [9.17, 15) is 0 Å². The zero-order valence-electron chi connectivity index (χ0n) is 11.1. The van der Waals surface area contributed by atoms with Crippen molar-refractivity contribution >= 4 is 17.4 Å². The molecule has 0 aliphatic heterocycles. The first-order valence-electron chi connectivity index (χ1n) is 6.81. The summed E-state index contributed by atoms with van der Waals surface area (Å²) in [5.74, 6) is 1.40. The molecule has 20 heavy (non-hydrogen) atoms. The Morgan fingerprint density at radius 2 is 2.25 bits per heavy atom. The van der Waals surface area contributed by atoms with E-state index in [1.54, 1.807) is 6.26 Å². The van der Waals surface area contributed by atoms with Crippen molar-refractivity contribution in [1.82, 2.24) is 9.97 Å². The highest BCUT2D eigenvalue weighted by atomic mass is 35.5. The summed E-state index contributed by atoms with van der Waals surface area (Å²) in [5.41, 5.74) is 6.68. The molecule has 0 aromatic carbocycles. The maximum absolute atomic E-state index is 6.00. The smallest absolute Gasteiger partial charge is 0.225 e. The van der Waals surface area contributed by atoms with E-state index >= 15 is 0 Å². The van der Waals surface area contributed by atoms with Crippen LogP contribution in [0.15, 0.2) is 28.9 Å². The van der Waals surface area contributed by atoms with Crippen LogP contribution < -0.4 is 11.1 Å². The first-order valence-corrected chi connectivity index (χ1v) is 7.19. The first-order chi connectivity index (χ1) is 9.70. The number of hydrogen-bond acceptors (Lipinski definition) is 5. The van der Waals surface area contributed by atoms with Crippen molar-refractivity contribution in [2.75, 3.05) is 5.32 Å².